The summed E-state index contributed by atoms with van der Waals surface area (Å²) in [7, 11) is 0. The Morgan fingerprint density at radius 3 is 2.13 bits per heavy atom. The first kappa shape index (κ1) is 18.2. The molecule has 0 saturated carbocycles. The van der Waals surface area contributed by atoms with Gasteiger partial charge in [-0.25, -0.2) is 4.90 Å². The van der Waals surface area contributed by atoms with Crippen LogP contribution in [0.2, 0.25) is 0 Å². The highest BCUT2D eigenvalue weighted by atomic mass is 16.2. The van der Waals surface area contributed by atoms with Crippen molar-refractivity contribution < 1.29 is 9.59 Å². The van der Waals surface area contributed by atoms with Gasteiger partial charge in [-0.2, -0.15) is 5.26 Å². The summed E-state index contributed by atoms with van der Waals surface area (Å²) in [4.78, 5) is 32.7. The van der Waals surface area contributed by atoms with Crippen molar-refractivity contribution in [1.29, 1.82) is 5.26 Å². The maximum Gasteiger partial charge on any atom is 0.239 e. The van der Waals surface area contributed by atoms with E-state index in [1.54, 1.807) is 30.5 Å². The second-order valence-electron chi connectivity index (χ2n) is 7.51. The van der Waals surface area contributed by atoms with Gasteiger partial charge in [0.25, 0.3) is 0 Å². The van der Waals surface area contributed by atoms with Gasteiger partial charge in [0, 0.05) is 12.2 Å². The van der Waals surface area contributed by atoms with E-state index in [1.807, 2.05) is 48.5 Å². The number of rotatable bonds is 3. The Kier molecular flexibility index (Phi) is 4.38. The highest BCUT2D eigenvalue weighted by Gasteiger charge is 2.59. The summed E-state index contributed by atoms with van der Waals surface area (Å²) in [6, 6.07) is 23.2. The van der Waals surface area contributed by atoms with E-state index in [1.165, 1.54) is 4.90 Å². The lowest BCUT2D eigenvalue weighted by atomic mass is 9.85. The Balaban J connectivity index is 1.59. The van der Waals surface area contributed by atoms with Crippen LogP contribution in [0, 0.1) is 23.2 Å². The van der Waals surface area contributed by atoms with Gasteiger partial charge in [0.15, 0.2) is 0 Å². The number of hydrogen-bond acceptors (Lipinski definition) is 5. The molecule has 0 spiro atoms. The number of amides is 2. The summed E-state index contributed by atoms with van der Waals surface area (Å²) in [5, 5.41) is 12.6. The predicted octanol–water partition coefficient (Wildman–Crippen LogP) is 3.14. The van der Waals surface area contributed by atoms with Gasteiger partial charge in [-0.1, -0.05) is 36.4 Å². The van der Waals surface area contributed by atoms with Gasteiger partial charge in [0.1, 0.15) is 0 Å². The van der Waals surface area contributed by atoms with Crippen LogP contribution in [-0.2, 0) is 9.59 Å². The number of aromatic nitrogens is 1. The van der Waals surface area contributed by atoms with Crippen LogP contribution in [0.25, 0.3) is 0 Å². The standard InChI is InChI=1S/C24H18N4O2/c25-14-15-9-11-16(12-10-15)21-19-20(22(27-21)18-8-4-5-13-26-18)24(30)28(23(19)29)17-6-2-1-3-7-17/h1-13,19-22,27H/t19-,20+,21+,22-/m1/s1. The molecule has 5 rings (SSSR count). The molecule has 0 unspecified atom stereocenters. The van der Waals surface area contributed by atoms with Crippen LogP contribution in [0.3, 0.4) is 0 Å². The third kappa shape index (κ3) is 2.79. The van der Waals surface area contributed by atoms with Gasteiger partial charge in [-0.3, -0.25) is 14.6 Å². The number of nitriles is 1. The average molecular weight is 394 g/mol. The number of nitrogens with zero attached hydrogens (tertiary/aromatic N) is 3. The fraction of sp³-hybridized carbons (Fsp3) is 0.167. The number of fused-ring (bicyclic) bond motifs is 1. The summed E-state index contributed by atoms with van der Waals surface area (Å²) in [6.07, 6.45) is 1.69. The fourth-order valence-corrected chi connectivity index (χ4v) is 4.54. The first-order valence-corrected chi connectivity index (χ1v) is 9.79. The van der Waals surface area contributed by atoms with Crippen molar-refractivity contribution in [1.82, 2.24) is 10.3 Å². The number of para-hydroxylation sites is 1. The summed E-state index contributed by atoms with van der Waals surface area (Å²) >= 11 is 0. The van der Waals surface area contributed by atoms with Crippen molar-refractivity contribution in [3.63, 3.8) is 0 Å². The normalized spacial score (nSPS) is 25.2. The summed E-state index contributed by atoms with van der Waals surface area (Å²) in [5.74, 6) is -1.52. The molecule has 1 aromatic heterocycles. The Hall–Kier alpha value is -3.82. The molecule has 2 amide bonds. The van der Waals surface area contributed by atoms with E-state index < -0.39 is 11.8 Å². The SMILES string of the molecule is N#Cc1ccc([C@@H]2N[C@H](c3ccccn3)[C@H]3C(=O)N(c4ccccc4)C(=O)[C@H]32)cc1. The molecule has 2 fully saturated rings. The van der Waals surface area contributed by atoms with Crippen LogP contribution in [0.4, 0.5) is 5.69 Å². The highest BCUT2D eigenvalue weighted by Crippen LogP contribution is 2.49. The van der Waals surface area contributed by atoms with Crippen LogP contribution in [0.5, 0.6) is 0 Å². The molecule has 2 aromatic carbocycles. The zero-order valence-electron chi connectivity index (χ0n) is 16.0. The molecule has 4 atom stereocenters. The van der Waals surface area contributed by atoms with E-state index in [4.69, 9.17) is 5.26 Å². The van der Waals surface area contributed by atoms with Crippen LogP contribution in [0.1, 0.15) is 28.9 Å². The zero-order chi connectivity index (χ0) is 20.7. The molecule has 6 heteroatoms. The van der Waals surface area contributed by atoms with Gasteiger partial charge in [-0.15, -0.1) is 0 Å². The first-order chi connectivity index (χ1) is 14.7. The van der Waals surface area contributed by atoms with E-state index in [9.17, 15) is 9.59 Å². The van der Waals surface area contributed by atoms with Gasteiger partial charge in [-0.05, 0) is 42.0 Å². The fourth-order valence-electron chi connectivity index (χ4n) is 4.54. The molecule has 1 N–H and O–H groups in total. The molecule has 0 bridgehead atoms. The molecule has 6 nitrogen and oxygen atoms in total. The molecule has 30 heavy (non-hydrogen) atoms. The molecule has 0 radical (unpaired) electrons. The second kappa shape index (κ2) is 7.21. The number of anilines is 1. The van der Waals surface area contributed by atoms with Crippen LogP contribution in [0.15, 0.2) is 79.0 Å². The van der Waals surface area contributed by atoms with Crippen molar-refractivity contribution in [2.45, 2.75) is 12.1 Å². The number of imide groups is 1. The minimum Gasteiger partial charge on any atom is -0.300 e. The smallest absolute Gasteiger partial charge is 0.239 e. The van der Waals surface area contributed by atoms with E-state index in [0.717, 1.165) is 11.3 Å². The van der Waals surface area contributed by atoms with E-state index in [2.05, 4.69) is 16.4 Å². The molecule has 2 aliphatic rings. The Bertz CT molecular complexity index is 1140. The quantitative estimate of drug-likeness (QED) is 0.690. The maximum absolute atomic E-state index is 13.5. The molecule has 2 saturated heterocycles. The number of carbonyl (C=O) groups excluding carboxylic acids is 2. The van der Waals surface area contributed by atoms with E-state index in [-0.39, 0.29) is 23.9 Å². The number of pyridine rings is 1. The third-order valence-corrected chi connectivity index (χ3v) is 5.90. The first-order valence-electron chi connectivity index (χ1n) is 9.79. The maximum atomic E-state index is 13.5. The minimum absolute atomic E-state index is 0.212. The van der Waals surface area contributed by atoms with Gasteiger partial charge in [0.2, 0.25) is 11.8 Å². The second-order valence-corrected chi connectivity index (χ2v) is 7.51. The van der Waals surface area contributed by atoms with Gasteiger partial charge in [0.05, 0.1) is 40.9 Å². The third-order valence-electron chi connectivity index (χ3n) is 5.90. The molecular weight excluding hydrogens is 376 g/mol. The van der Waals surface area contributed by atoms with Crippen molar-refractivity contribution in [2.75, 3.05) is 4.90 Å². The van der Waals surface area contributed by atoms with Gasteiger partial charge >= 0.3 is 0 Å². The van der Waals surface area contributed by atoms with Crippen molar-refractivity contribution >= 4 is 17.5 Å². The summed E-state index contributed by atoms with van der Waals surface area (Å²) < 4.78 is 0. The van der Waals surface area contributed by atoms with Crippen molar-refractivity contribution in [3.8, 4) is 6.07 Å². The van der Waals surface area contributed by atoms with Gasteiger partial charge < -0.3 is 5.32 Å². The van der Waals surface area contributed by atoms with Crippen LogP contribution in [-0.4, -0.2) is 16.8 Å². The molecule has 3 aromatic rings. The zero-order valence-corrected chi connectivity index (χ0v) is 16.0. The number of nitrogens with one attached hydrogen (secondary N) is 1. The van der Waals surface area contributed by atoms with Crippen molar-refractivity contribution in [2.24, 2.45) is 11.8 Å². The molecule has 146 valence electrons. The summed E-state index contributed by atoms with van der Waals surface area (Å²) in [5.41, 5.74) is 2.74. The lowest BCUT2D eigenvalue weighted by Crippen LogP contribution is -2.36. The number of hydrogen-bond donors (Lipinski definition) is 1. The molecule has 3 heterocycles. The van der Waals surface area contributed by atoms with Crippen LogP contribution < -0.4 is 10.2 Å². The highest BCUT2D eigenvalue weighted by molar-refractivity contribution is 6.22. The topological polar surface area (TPSA) is 86.1 Å². The Labute approximate surface area is 173 Å². The lowest BCUT2D eigenvalue weighted by Gasteiger charge is -2.22. The molecular formula is C24H18N4O2. The average Bonchev–Trinajstić information content (AvgIpc) is 3.32. The number of benzene rings is 2. The Morgan fingerprint density at radius 2 is 1.50 bits per heavy atom. The number of carbonyl (C=O) groups is 2. The predicted molar refractivity (Wildman–Crippen MR) is 110 cm³/mol. The largest absolute Gasteiger partial charge is 0.300 e. The van der Waals surface area contributed by atoms with E-state index >= 15 is 0 Å². The summed E-state index contributed by atoms with van der Waals surface area (Å²) in [6.45, 7) is 0. The Morgan fingerprint density at radius 1 is 0.833 bits per heavy atom. The minimum atomic E-state index is -0.548. The van der Waals surface area contributed by atoms with Crippen molar-refractivity contribution in [3.05, 3.63) is 95.8 Å². The molecule has 0 aliphatic carbocycles. The lowest BCUT2D eigenvalue weighted by molar-refractivity contribution is -0.123. The monoisotopic (exact) mass is 394 g/mol. The van der Waals surface area contributed by atoms with E-state index in [0.29, 0.717) is 11.3 Å². The van der Waals surface area contributed by atoms with Crippen LogP contribution >= 0.6 is 0 Å². The molecule has 2 aliphatic heterocycles.